The summed E-state index contributed by atoms with van der Waals surface area (Å²) < 4.78 is 19.6. The maximum atomic E-state index is 13.2. The molecule has 31 heavy (non-hydrogen) atoms. The van der Waals surface area contributed by atoms with Gasteiger partial charge in [-0.1, -0.05) is 24.3 Å². The standard InChI is InChI=1S/C23H20FN5O2/c1-31-20-10-6-16(7-11-20)13-21(30)29-23(26-14-17-4-8-19(24)9-5-17)27-22(28-29)18-3-2-12-25-15-18/h2-12,15H,13-14H2,1H3,(H,26,27,28). The molecule has 0 aliphatic heterocycles. The lowest BCUT2D eigenvalue weighted by Gasteiger charge is -2.08. The zero-order valence-electron chi connectivity index (χ0n) is 16.8. The van der Waals surface area contributed by atoms with E-state index in [0.29, 0.717) is 23.9 Å². The molecule has 4 aromatic rings. The number of benzene rings is 2. The van der Waals surface area contributed by atoms with Gasteiger partial charge in [-0.3, -0.25) is 9.78 Å². The number of halogens is 1. The molecule has 0 saturated heterocycles. The van der Waals surface area contributed by atoms with E-state index < -0.39 is 0 Å². The summed E-state index contributed by atoms with van der Waals surface area (Å²) in [6.07, 6.45) is 3.44. The number of carbonyl (C=O) groups excluding carboxylic acids is 1. The molecule has 0 bridgehead atoms. The lowest BCUT2D eigenvalue weighted by Crippen LogP contribution is -2.18. The van der Waals surface area contributed by atoms with Gasteiger partial charge < -0.3 is 10.1 Å². The summed E-state index contributed by atoms with van der Waals surface area (Å²) >= 11 is 0. The van der Waals surface area contributed by atoms with Crippen LogP contribution < -0.4 is 10.1 Å². The fraction of sp³-hybridized carbons (Fsp3) is 0.130. The Balaban J connectivity index is 1.59. The fourth-order valence-corrected chi connectivity index (χ4v) is 2.99. The molecule has 2 aromatic heterocycles. The zero-order chi connectivity index (χ0) is 21.6. The Morgan fingerprint density at radius 3 is 2.48 bits per heavy atom. The van der Waals surface area contributed by atoms with Gasteiger partial charge in [0.1, 0.15) is 11.6 Å². The molecule has 0 saturated carbocycles. The smallest absolute Gasteiger partial charge is 0.254 e. The van der Waals surface area contributed by atoms with E-state index in [1.165, 1.54) is 16.8 Å². The maximum absolute atomic E-state index is 13.2. The minimum absolute atomic E-state index is 0.144. The van der Waals surface area contributed by atoms with Crippen LogP contribution in [0.25, 0.3) is 11.4 Å². The predicted octanol–water partition coefficient (Wildman–Crippen LogP) is 3.98. The van der Waals surface area contributed by atoms with Crippen LogP contribution in [0.4, 0.5) is 10.3 Å². The number of nitrogens with zero attached hydrogens (tertiary/aromatic N) is 4. The molecule has 156 valence electrons. The van der Waals surface area contributed by atoms with Gasteiger partial charge in [-0.2, -0.15) is 9.67 Å². The van der Waals surface area contributed by atoms with E-state index in [2.05, 4.69) is 20.4 Å². The number of anilines is 1. The summed E-state index contributed by atoms with van der Waals surface area (Å²) in [5.74, 6) is 0.867. The summed E-state index contributed by atoms with van der Waals surface area (Å²) in [7, 11) is 1.59. The first-order chi connectivity index (χ1) is 15.1. The Hall–Kier alpha value is -4.07. The Bertz CT molecular complexity index is 1160. The van der Waals surface area contributed by atoms with Gasteiger partial charge >= 0.3 is 0 Å². The summed E-state index contributed by atoms with van der Waals surface area (Å²) in [5, 5.41) is 7.54. The second kappa shape index (κ2) is 9.17. The largest absolute Gasteiger partial charge is 0.497 e. The highest BCUT2D eigenvalue weighted by Crippen LogP contribution is 2.19. The van der Waals surface area contributed by atoms with Crippen molar-refractivity contribution in [2.24, 2.45) is 0 Å². The predicted molar refractivity (Wildman–Crippen MR) is 114 cm³/mol. The molecule has 0 radical (unpaired) electrons. The molecule has 7 nitrogen and oxygen atoms in total. The van der Waals surface area contributed by atoms with Crippen LogP contribution in [0.3, 0.4) is 0 Å². The summed E-state index contributed by atoms with van der Waals surface area (Å²) in [5.41, 5.74) is 2.37. The van der Waals surface area contributed by atoms with Gasteiger partial charge in [0.2, 0.25) is 5.95 Å². The first-order valence-electron chi connectivity index (χ1n) is 9.64. The number of hydrogen-bond acceptors (Lipinski definition) is 6. The number of hydrogen-bond donors (Lipinski definition) is 1. The SMILES string of the molecule is COc1ccc(CC(=O)n2nc(-c3cccnc3)nc2NCc2ccc(F)cc2)cc1. The highest BCUT2D eigenvalue weighted by Gasteiger charge is 2.18. The first kappa shape index (κ1) is 20.2. The lowest BCUT2D eigenvalue weighted by atomic mass is 10.1. The van der Waals surface area contributed by atoms with Gasteiger partial charge in [0, 0.05) is 24.5 Å². The maximum Gasteiger partial charge on any atom is 0.254 e. The van der Waals surface area contributed by atoms with E-state index in [1.54, 1.807) is 49.8 Å². The van der Waals surface area contributed by atoms with Crippen molar-refractivity contribution in [3.63, 3.8) is 0 Å². The average Bonchev–Trinajstić information content (AvgIpc) is 3.24. The lowest BCUT2D eigenvalue weighted by molar-refractivity contribution is 0.0901. The van der Waals surface area contributed by atoms with Crippen molar-refractivity contribution in [3.8, 4) is 17.1 Å². The van der Waals surface area contributed by atoms with Gasteiger partial charge in [0.15, 0.2) is 5.82 Å². The Morgan fingerprint density at radius 1 is 1.06 bits per heavy atom. The van der Waals surface area contributed by atoms with E-state index in [1.807, 2.05) is 18.2 Å². The molecule has 2 aromatic carbocycles. The molecular weight excluding hydrogens is 397 g/mol. The van der Waals surface area contributed by atoms with Gasteiger partial charge in [-0.15, -0.1) is 5.10 Å². The van der Waals surface area contributed by atoms with E-state index in [9.17, 15) is 9.18 Å². The van der Waals surface area contributed by atoms with Crippen molar-refractivity contribution in [2.45, 2.75) is 13.0 Å². The number of carbonyl (C=O) groups is 1. The van der Waals surface area contributed by atoms with E-state index in [4.69, 9.17) is 4.74 Å². The highest BCUT2D eigenvalue weighted by molar-refractivity contribution is 5.83. The number of ether oxygens (including phenoxy) is 1. The van der Waals surface area contributed by atoms with Crippen LogP contribution in [0, 0.1) is 5.82 Å². The summed E-state index contributed by atoms with van der Waals surface area (Å²) in [6.45, 7) is 0.362. The van der Waals surface area contributed by atoms with Crippen molar-refractivity contribution in [3.05, 3.63) is 90.0 Å². The Kier molecular flexibility index (Phi) is 5.98. The first-order valence-corrected chi connectivity index (χ1v) is 9.64. The molecule has 0 unspecified atom stereocenters. The molecule has 0 spiro atoms. The van der Waals surface area contributed by atoms with E-state index in [-0.39, 0.29) is 18.1 Å². The van der Waals surface area contributed by atoms with Gasteiger partial charge in [-0.05, 0) is 47.5 Å². The fourth-order valence-electron chi connectivity index (χ4n) is 2.99. The van der Waals surface area contributed by atoms with Gasteiger partial charge in [-0.25, -0.2) is 4.39 Å². The summed E-state index contributed by atoms with van der Waals surface area (Å²) in [4.78, 5) is 21.6. The second-order valence-corrected chi connectivity index (χ2v) is 6.81. The third kappa shape index (κ3) is 4.92. The second-order valence-electron chi connectivity index (χ2n) is 6.81. The minimum atomic E-state index is -0.305. The Labute approximate surface area is 178 Å². The third-order valence-electron chi connectivity index (χ3n) is 4.64. The number of aromatic nitrogens is 4. The van der Waals surface area contributed by atoms with Crippen LogP contribution in [0.1, 0.15) is 15.9 Å². The molecule has 2 heterocycles. The van der Waals surface area contributed by atoms with Crippen molar-refractivity contribution in [2.75, 3.05) is 12.4 Å². The molecule has 0 atom stereocenters. The zero-order valence-corrected chi connectivity index (χ0v) is 16.8. The molecule has 8 heteroatoms. The molecule has 0 amide bonds. The van der Waals surface area contributed by atoms with E-state index in [0.717, 1.165) is 16.9 Å². The number of pyridine rings is 1. The molecule has 1 N–H and O–H groups in total. The number of nitrogens with one attached hydrogen (secondary N) is 1. The van der Waals surface area contributed by atoms with Crippen molar-refractivity contribution < 1.29 is 13.9 Å². The van der Waals surface area contributed by atoms with Crippen LogP contribution in [0.15, 0.2) is 73.1 Å². The van der Waals surface area contributed by atoms with Crippen LogP contribution >= 0.6 is 0 Å². The number of methoxy groups -OCH3 is 1. The molecule has 4 rings (SSSR count). The highest BCUT2D eigenvalue weighted by atomic mass is 19.1. The van der Waals surface area contributed by atoms with Crippen LogP contribution in [0.5, 0.6) is 5.75 Å². The van der Waals surface area contributed by atoms with Crippen LogP contribution in [0.2, 0.25) is 0 Å². The molecule has 0 fully saturated rings. The third-order valence-corrected chi connectivity index (χ3v) is 4.64. The molecular formula is C23H20FN5O2. The Morgan fingerprint density at radius 2 is 1.81 bits per heavy atom. The van der Waals surface area contributed by atoms with Crippen molar-refractivity contribution >= 4 is 11.9 Å². The summed E-state index contributed by atoms with van der Waals surface area (Å²) in [6, 6.07) is 17.0. The molecule has 0 aliphatic carbocycles. The number of rotatable bonds is 7. The van der Waals surface area contributed by atoms with E-state index >= 15 is 0 Å². The monoisotopic (exact) mass is 417 g/mol. The van der Waals surface area contributed by atoms with Gasteiger partial charge in [0.05, 0.1) is 13.5 Å². The average molecular weight is 417 g/mol. The normalized spacial score (nSPS) is 10.6. The quantitative estimate of drug-likeness (QED) is 0.490. The van der Waals surface area contributed by atoms with Crippen LogP contribution in [-0.4, -0.2) is 32.8 Å². The topological polar surface area (TPSA) is 81.9 Å². The minimum Gasteiger partial charge on any atom is -0.497 e. The van der Waals surface area contributed by atoms with Gasteiger partial charge in [0.25, 0.3) is 5.91 Å². The van der Waals surface area contributed by atoms with Crippen molar-refractivity contribution in [1.29, 1.82) is 0 Å². The molecule has 0 aliphatic rings. The van der Waals surface area contributed by atoms with Crippen LogP contribution in [-0.2, 0) is 13.0 Å². The van der Waals surface area contributed by atoms with Crippen molar-refractivity contribution in [1.82, 2.24) is 19.7 Å².